The van der Waals surface area contributed by atoms with E-state index in [1.54, 1.807) is 0 Å². The fraction of sp³-hybridized carbons (Fsp3) is 1.00. The van der Waals surface area contributed by atoms with Crippen LogP contribution in [0.1, 0.15) is 71.1 Å². The number of rotatable bonds is 5. The van der Waals surface area contributed by atoms with Crippen molar-refractivity contribution in [3.8, 4) is 0 Å². The van der Waals surface area contributed by atoms with Crippen molar-refractivity contribution in [2.24, 2.45) is 17.6 Å². The summed E-state index contributed by atoms with van der Waals surface area (Å²) in [5.41, 5.74) is 6.14. The molecule has 1 saturated carbocycles. The summed E-state index contributed by atoms with van der Waals surface area (Å²) in [4.78, 5) is 2.76. The van der Waals surface area contributed by atoms with E-state index in [1.807, 2.05) is 0 Å². The van der Waals surface area contributed by atoms with E-state index in [1.165, 1.54) is 77.3 Å². The van der Waals surface area contributed by atoms with Crippen molar-refractivity contribution in [3.05, 3.63) is 0 Å². The van der Waals surface area contributed by atoms with Gasteiger partial charge in [0.05, 0.1) is 0 Å². The standard InChI is InChI=1S/C17H34N2/c1-2-7-15-8-6-12-19(13-11-15)17(14-18)16-9-4-3-5-10-16/h15-17H,2-14,18H2,1H3. The van der Waals surface area contributed by atoms with Gasteiger partial charge in [0.15, 0.2) is 0 Å². The molecule has 112 valence electrons. The molecule has 0 radical (unpaired) electrons. The lowest BCUT2D eigenvalue weighted by atomic mass is 9.83. The highest BCUT2D eigenvalue weighted by Gasteiger charge is 2.29. The Kier molecular flexibility index (Phi) is 6.66. The van der Waals surface area contributed by atoms with Crippen molar-refractivity contribution in [2.45, 2.75) is 77.2 Å². The highest BCUT2D eigenvalue weighted by molar-refractivity contribution is 4.84. The molecular formula is C17H34N2. The van der Waals surface area contributed by atoms with Gasteiger partial charge in [0.2, 0.25) is 0 Å². The molecule has 1 aliphatic heterocycles. The lowest BCUT2D eigenvalue weighted by Gasteiger charge is -2.37. The van der Waals surface area contributed by atoms with Gasteiger partial charge in [-0.15, -0.1) is 0 Å². The van der Waals surface area contributed by atoms with Crippen LogP contribution in [0.3, 0.4) is 0 Å². The summed E-state index contributed by atoms with van der Waals surface area (Å²) in [6.07, 6.45) is 14.2. The lowest BCUT2D eigenvalue weighted by molar-refractivity contribution is 0.124. The first-order chi connectivity index (χ1) is 9.35. The Morgan fingerprint density at radius 2 is 1.79 bits per heavy atom. The predicted octanol–water partition coefficient (Wildman–Crippen LogP) is 3.80. The van der Waals surface area contributed by atoms with Crippen LogP contribution in [0.5, 0.6) is 0 Å². The molecule has 2 fully saturated rings. The van der Waals surface area contributed by atoms with Crippen LogP contribution >= 0.6 is 0 Å². The molecule has 1 aliphatic carbocycles. The van der Waals surface area contributed by atoms with Gasteiger partial charge >= 0.3 is 0 Å². The van der Waals surface area contributed by atoms with Crippen LogP contribution < -0.4 is 5.73 Å². The molecule has 1 heterocycles. The molecule has 2 atom stereocenters. The molecule has 2 heteroatoms. The molecule has 2 aliphatic rings. The molecule has 1 saturated heterocycles. The molecule has 0 amide bonds. The Hall–Kier alpha value is -0.0800. The minimum Gasteiger partial charge on any atom is -0.329 e. The predicted molar refractivity (Wildman–Crippen MR) is 83.2 cm³/mol. The zero-order chi connectivity index (χ0) is 13.5. The minimum atomic E-state index is 0.681. The van der Waals surface area contributed by atoms with Crippen LogP contribution in [0.2, 0.25) is 0 Å². The molecule has 0 spiro atoms. The van der Waals surface area contributed by atoms with Crippen molar-refractivity contribution in [2.75, 3.05) is 19.6 Å². The second kappa shape index (κ2) is 8.26. The van der Waals surface area contributed by atoms with Gasteiger partial charge < -0.3 is 5.73 Å². The molecule has 2 rings (SSSR count). The first-order valence-electron chi connectivity index (χ1n) is 8.79. The minimum absolute atomic E-state index is 0.681. The number of nitrogens with two attached hydrogens (primary N) is 1. The second-order valence-corrected chi connectivity index (χ2v) is 6.82. The Bertz CT molecular complexity index is 235. The SMILES string of the molecule is CCCC1CCCN(C(CN)C2CCCCC2)CC1. The normalized spacial score (nSPS) is 29.1. The molecule has 19 heavy (non-hydrogen) atoms. The van der Waals surface area contributed by atoms with E-state index in [-0.39, 0.29) is 0 Å². The fourth-order valence-electron chi connectivity index (χ4n) is 4.37. The van der Waals surface area contributed by atoms with Gasteiger partial charge in [-0.25, -0.2) is 0 Å². The van der Waals surface area contributed by atoms with E-state index in [0.29, 0.717) is 6.04 Å². The Morgan fingerprint density at radius 3 is 2.47 bits per heavy atom. The van der Waals surface area contributed by atoms with Crippen LogP contribution in [-0.4, -0.2) is 30.6 Å². The maximum atomic E-state index is 6.14. The van der Waals surface area contributed by atoms with Crippen molar-refractivity contribution in [1.82, 2.24) is 4.90 Å². The smallest absolute Gasteiger partial charge is 0.0246 e. The average molecular weight is 266 g/mol. The van der Waals surface area contributed by atoms with Gasteiger partial charge in [0.1, 0.15) is 0 Å². The van der Waals surface area contributed by atoms with Gasteiger partial charge in [0.25, 0.3) is 0 Å². The van der Waals surface area contributed by atoms with Crippen molar-refractivity contribution in [1.29, 1.82) is 0 Å². The Balaban J connectivity index is 1.87. The van der Waals surface area contributed by atoms with E-state index < -0.39 is 0 Å². The van der Waals surface area contributed by atoms with Crippen LogP contribution in [0.25, 0.3) is 0 Å². The monoisotopic (exact) mass is 266 g/mol. The number of likely N-dealkylation sites (tertiary alicyclic amines) is 1. The van der Waals surface area contributed by atoms with Crippen LogP contribution in [0.4, 0.5) is 0 Å². The summed E-state index contributed by atoms with van der Waals surface area (Å²) < 4.78 is 0. The zero-order valence-electron chi connectivity index (χ0n) is 12.9. The van der Waals surface area contributed by atoms with Gasteiger partial charge in [0, 0.05) is 12.6 Å². The molecule has 0 aromatic heterocycles. The maximum Gasteiger partial charge on any atom is 0.0246 e. The van der Waals surface area contributed by atoms with Crippen LogP contribution in [-0.2, 0) is 0 Å². The average Bonchev–Trinajstić information content (AvgIpc) is 2.68. The van der Waals surface area contributed by atoms with Crippen molar-refractivity contribution < 1.29 is 0 Å². The summed E-state index contributed by atoms with van der Waals surface area (Å²) in [5.74, 6) is 1.88. The zero-order valence-corrected chi connectivity index (χ0v) is 12.9. The highest BCUT2D eigenvalue weighted by Crippen LogP contribution is 2.31. The van der Waals surface area contributed by atoms with Crippen LogP contribution in [0, 0.1) is 11.8 Å². The van der Waals surface area contributed by atoms with E-state index in [2.05, 4.69) is 11.8 Å². The van der Waals surface area contributed by atoms with Gasteiger partial charge in [-0.1, -0.05) is 39.0 Å². The third-order valence-electron chi connectivity index (χ3n) is 5.48. The Labute approximate surface area is 120 Å². The number of hydrogen-bond donors (Lipinski definition) is 1. The molecular weight excluding hydrogens is 232 g/mol. The van der Waals surface area contributed by atoms with Gasteiger partial charge in [-0.2, -0.15) is 0 Å². The van der Waals surface area contributed by atoms with Crippen molar-refractivity contribution >= 4 is 0 Å². The van der Waals surface area contributed by atoms with E-state index in [4.69, 9.17) is 5.73 Å². The summed E-state index contributed by atoms with van der Waals surface area (Å²) in [6.45, 7) is 5.82. The lowest BCUT2D eigenvalue weighted by Crippen LogP contribution is -2.46. The largest absolute Gasteiger partial charge is 0.329 e. The first kappa shape index (κ1) is 15.3. The van der Waals surface area contributed by atoms with Crippen LogP contribution in [0.15, 0.2) is 0 Å². The van der Waals surface area contributed by atoms with Gasteiger partial charge in [-0.3, -0.25) is 4.90 Å². The quantitative estimate of drug-likeness (QED) is 0.820. The summed E-state index contributed by atoms with van der Waals surface area (Å²) in [7, 11) is 0. The van der Waals surface area contributed by atoms with Gasteiger partial charge in [-0.05, 0) is 57.0 Å². The topological polar surface area (TPSA) is 29.3 Å². The van der Waals surface area contributed by atoms with E-state index >= 15 is 0 Å². The third kappa shape index (κ3) is 4.46. The molecule has 2 N–H and O–H groups in total. The molecule has 0 aromatic rings. The number of hydrogen-bond acceptors (Lipinski definition) is 2. The summed E-state index contributed by atoms with van der Waals surface area (Å²) >= 11 is 0. The van der Waals surface area contributed by atoms with Crippen molar-refractivity contribution in [3.63, 3.8) is 0 Å². The molecule has 2 unspecified atom stereocenters. The third-order valence-corrected chi connectivity index (χ3v) is 5.48. The molecule has 0 aromatic carbocycles. The van der Waals surface area contributed by atoms with E-state index in [9.17, 15) is 0 Å². The summed E-state index contributed by atoms with van der Waals surface area (Å²) in [6, 6.07) is 0.681. The first-order valence-corrected chi connectivity index (χ1v) is 8.79. The van der Waals surface area contributed by atoms with E-state index in [0.717, 1.165) is 18.4 Å². The molecule has 2 nitrogen and oxygen atoms in total. The number of nitrogens with zero attached hydrogens (tertiary/aromatic N) is 1. The fourth-order valence-corrected chi connectivity index (χ4v) is 4.37. The Morgan fingerprint density at radius 1 is 1.00 bits per heavy atom. The highest BCUT2D eigenvalue weighted by atomic mass is 15.2. The molecule has 0 bridgehead atoms. The maximum absolute atomic E-state index is 6.14. The summed E-state index contributed by atoms with van der Waals surface area (Å²) in [5, 5.41) is 0. The second-order valence-electron chi connectivity index (χ2n) is 6.82.